The van der Waals surface area contributed by atoms with Crippen molar-refractivity contribution in [2.24, 2.45) is 0 Å². The summed E-state index contributed by atoms with van der Waals surface area (Å²) in [4.78, 5) is 4.20. The maximum atomic E-state index is 4.97. The molecule has 0 fully saturated rings. The predicted octanol–water partition coefficient (Wildman–Crippen LogP) is 3.14. The molecule has 3 rings (SSSR count). The highest BCUT2D eigenvalue weighted by Gasteiger charge is 2.06. The van der Waals surface area contributed by atoms with Crippen molar-refractivity contribution in [1.82, 2.24) is 14.7 Å². The summed E-state index contributed by atoms with van der Waals surface area (Å²) >= 11 is 3.48. The van der Waals surface area contributed by atoms with Crippen LogP contribution in [-0.4, -0.2) is 14.7 Å². The van der Waals surface area contributed by atoms with Gasteiger partial charge in [-0.25, -0.2) is 0 Å². The van der Waals surface area contributed by atoms with E-state index in [2.05, 4.69) is 48.8 Å². The van der Waals surface area contributed by atoms with Gasteiger partial charge in [-0.2, -0.15) is 4.98 Å². The normalized spacial score (nSPS) is 11.2. The van der Waals surface area contributed by atoms with Crippen LogP contribution in [0.5, 0.6) is 0 Å². The van der Waals surface area contributed by atoms with E-state index in [0.717, 1.165) is 9.99 Å². The highest BCUT2D eigenvalue weighted by molar-refractivity contribution is 9.10. The van der Waals surface area contributed by atoms with Crippen LogP contribution in [0.15, 0.2) is 39.5 Å². The number of hydrogen-bond acceptors (Lipinski definition) is 3. The monoisotopic (exact) mass is 291 g/mol. The molecule has 3 aromatic rings. The van der Waals surface area contributed by atoms with Crippen LogP contribution in [0.2, 0.25) is 0 Å². The number of hydrogen-bond donors (Lipinski definition) is 0. The number of aryl methyl sites for hydroxylation is 1. The van der Waals surface area contributed by atoms with E-state index in [1.165, 1.54) is 5.39 Å². The maximum absolute atomic E-state index is 4.97. The molecule has 0 saturated carbocycles. The second kappa shape index (κ2) is 4.00. The first-order chi connectivity index (χ1) is 8.22. The minimum absolute atomic E-state index is 0.595. The summed E-state index contributed by atoms with van der Waals surface area (Å²) in [6, 6.07) is 8.28. The van der Waals surface area contributed by atoms with Gasteiger partial charge < -0.3 is 9.09 Å². The van der Waals surface area contributed by atoms with E-state index in [9.17, 15) is 0 Å². The first-order valence-electron chi connectivity index (χ1n) is 5.26. The Morgan fingerprint density at radius 3 is 3.00 bits per heavy atom. The van der Waals surface area contributed by atoms with E-state index in [4.69, 9.17) is 4.52 Å². The van der Waals surface area contributed by atoms with Crippen LogP contribution in [0, 0.1) is 6.92 Å². The molecular weight excluding hydrogens is 282 g/mol. The topological polar surface area (TPSA) is 43.9 Å². The Labute approximate surface area is 106 Å². The molecule has 0 N–H and O–H groups in total. The molecule has 0 atom stereocenters. The summed E-state index contributed by atoms with van der Waals surface area (Å²) in [7, 11) is 0. The number of benzene rings is 1. The molecule has 17 heavy (non-hydrogen) atoms. The van der Waals surface area contributed by atoms with Gasteiger partial charge in [0.1, 0.15) is 0 Å². The Morgan fingerprint density at radius 1 is 1.35 bits per heavy atom. The van der Waals surface area contributed by atoms with E-state index in [1.807, 2.05) is 12.3 Å². The van der Waals surface area contributed by atoms with Crippen molar-refractivity contribution in [3.63, 3.8) is 0 Å². The average molecular weight is 292 g/mol. The number of fused-ring (bicyclic) bond motifs is 1. The third kappa shape index (κ3) is 1.98. The van der Waals surface area contributed by atoms with Crippen molar-refractivity contribution < 1.29 is 4.52 Å². The third-order valence-corrected chi connectivity index (χ3v) is 3.11. The zero-order valence-corrected chi connectivity index (χ0v) is 10.8. The first kappa shape index (κ1) is 10.5. The number of aromatic nitrogens is 3. The van der Waals surface area contributed by atoms with E-state index < -0.39 is 0 Å². The zero-order valence-electron chi connectivity index (χ0n) is 9.22. The average Bonchev–Trinajstić information content (AvgIpc) is 2.87. The van der Waals surface area contributed by atoms with E-state index in [1.54, 1.807) is 6.92 Å². The largest absolute Gasteiger partial charge is 0.340 e. The van der Waals surface area contributed by atoms with E-state index >= 15 is 0 Å². The Kier molecular flexibility index (Phi) is 2.48. The van der Waals surface area contributed by atoms with Crippen molar-refractivity contribution in [2.45, 2.75) is 13.5 Å². The minimum Gasteiger partial charge on any atom is -0.340 e. The molecule has 5 heteroatoms. The van der Waals surface area contributed by atoms with Gasteiger partial charge in [-0.15, -0.1) is 0 Å². The van der Waals surface area contributed by atoms with Crippen molar-refractivity contribution in [1.29, 1.82) is 0 Å². The standard InChI is InChI=1S/C12H10BrN3O/c1-8-14-12(15-17-8)7-16-5-4-9-2-3-10(13)6-11(9)16/h2-6H,7H2,1H3. The van der Waals surface area contributed by atoms with Gasteiger partial charge in [0.15, 0.2) is 5.82 Å². The van der Waals surface area contributed by atoms with Crippen LogP contribution in [0.25, 0.3) is 10.9 Å². The Balaban J connectivity index is 2.03. The molecular formula is C12H10BrN3O. The highest BCUT2D eigenvalue weighted by Crippen LogP contribution is 2.21. The molecule has 0 aliphatic heterocycles. The van der Waals surface area contributed by atoms with Gasteiger partial charge >= 0.3 is 0 Å². The summed E-state index contributed by atoms with van der Waals surface area (Å²) < 4.78 is 8.13. The molecule has 2 aromatic heterocycles. The lowest BCUT2D eigenvalue weighted by Gasteiger charge is -2.01. The van der Waals surface area contributed by atoms with Crippen LogP contribution < -0.4 is 0 Å². The lowest BCUT2D eigenvalue weighted by molar-refractivity contribution is 0.386. The van der Waals surface area contributed by atoms with Crippen molar-refractivity contribution >= 4 is 26.8 Å². The smallest absolute Gasteiger partial charge is 0.223 e. The van der Waals surface area contributed by atoms with Crippen LogP contribution in [0.1, 0.15) is 11.7 Å². The third-order valence-electron chi connectivity index (χ3n) is 2.62. The quantitative estimate of drug-likeness (QED) is 0.728. The Bertz CT molecular complexity index is 671. The summed E-state index contributed by atoms with van der Waals surface area (Å²) in [5.41, 5.74) is 1.15. The van der Waals surface area contributed by atoms with Crippen molar-refractivity contribution in [2.75, 3.05) is 0 Å². The van der Waals surface area contributed by atoms with Gasteiger partial charge in [0, 0.05) is 23.1 Å². The Hall–Kier alpha value is -1.62. The lowest BCUT2D eigenvalue weighted by Crippen LogP contribution is -1.99. The number of nitrogens with zero attached hydrogens (tertiary/aromatic N) is 3. The fourth-order valence-corrected chi connectivity index (χ4v) is 2.20. The highest BCUT2D eigenvalue weighted by atomic mass is 79.9. The maximum Gasteiger partial charge on any atom is 0.223 e. The van der Waals surface area contributed by atoms with E-state index in [-0.39, 0.29) is 0 Å². The lowest BCUT2D eigenvalue weighted by atomic mass is 10.2. The SMILES string of the molecule is Cc1nc(Cn2ccc3ccc(Br)cc32)no1. The van der Waals surface area contributed by atoms with Crippen molar-refractivity contribution in [3.05, 3.63) is 46.7 Å². The second-order valence-electron chi connectivity index (χ2n) is 3.88. The predicted molar refractivity (Wildman–Crippen MR) is 67.8 cm³/mol. The van der Waals surface area contributed by atoms with Crippen LogP contribution in [0.3, 0.4) is 0 Å². The molecule has 0 amide bonds. The van der Waals surface area contributed by atoms with Crippen LogP contribution in [-0.2, 0) is 6.54 Å². The van der Waals surface area contributed by atoms with Gasteiger partial charge in [0.2, 0.25) is 5.89 Å². The molecule has 0 aliphatic carbocycles. The number of rotatable bonds is 2. The molecule has 2 heterocycles. The van der Waals surface area contributed by atoms with Crippen LogP contribution >= 0.6 is 15.9 Å². The molecule has 0 radical (unpaired) electrons. The van der Waals surface area contributed by atoms with Gasteiger partial charge in [0.25, 0.3) is 0 Å². The van der Waals surface area contributed by atoms with E-state index in [0.29, 0.717) is 18.3 Å². The second-order valence-corrected chi connectivity index (χ2v) is 4.79. The molecule has 4 nitrogen and oxygen atoms in total. The molecule has 86 valence electrons. The van der Waals surface area contributed by atoms with Gasteiger partial charge in [0.05, 0.1) is 6.54 Å². The molecule has 0 bridgehead atoms. The fraction of sp³-hybridized carbons (Fsp3) is 0.167. The minimum atomic E-state index is 0.595. The molecule has 0 aliphatic rings. The molecule has 1 aromatic carbocycles. The fourth-order valence-electron chi connectivity index (χ4n) is 1.85. The summed E-state index contributed by atoms with van der Waals surface area (Å²) in [5.74, 6) is 1.29. The molecule has 0 saturated heterocycles. The summed E-state index contributed by atoms with van der Waals surface area (Å²) in [6.45, 7) is 2.41. The zero-order chi connectivity index (χ0) is 11.8. The summed E-state index contributed by atoms with van der Waals surface area (Å²) in [6.07, 6.45) is 2.03. The number of halogens is 1. The van der Waals surface area contributed by atoms with Gasteiger partial charge in [-0.1, -0.05) is 27.2 Å². The molecule has 0 spiro atoms. The van der Waals surface area contributed by atoms with Crippen LogP contribution in [0.4, 0.5) is 0 Å². The van der Waals surface area contributed by atoms with Crippen molar-refractivity contribution in [3.8, 4) is 0 Å². The Morgan fingerprint density at radius 2 is 2.24 bits per heavy atom. The van der Waals surface area contributed by atoms with Gasteiger partial charge in [-0.05, 0) is 23.6 Å². The van der Waals surface area contributed by atoms with Gasteiger partial charge in [-0.3, -0.25) is 0 Å². The molecule has 0 unspecified atom stereocenters. The summed E-state index contributed by atoms with van der Waals surface area (Å²) in [5, 5.41) is 5.10. The first-order valence-corrected chi connectivity index (χ1v) is 6.05.